The fourth-order valence-corrected chi connectivity index (χ4v) is 1.55. The highest BCUT2D eigenvalue weighted by molar-refractivity contribution is 5.66. The summed E-state index contributed by atoms with van der Waals surface area (Å²) in [4.78, 5) is 10.4. The van der Waals surface area contributed by atoms with Gasteiger partial charge in [-0.1, -0.05) is 47.0 Å². The molecule has 1 atom stereocenters. The van der Waals surface area contributed by atoms with Crippen LogP contribution in [0.15, 0.2) is 0 Å². The van der Waals surface area contributed by atoms with Gasteiger partial charge in [0.2, 0.25) is 0 Å². The molecule has 0 aromatic heterocycles. The van der Waals surface area contributed by atoms with Crippen molar-refractivity contribution in [2.45, 2.75) is 59.8 Å². The second kappa shape index (κ2) is 6.05. The number of unbranched alkanes of at least 4 members (excludes halogenated alkanes) is 1. The smallest absolute Gasteiger partial charge is 0.303 e. The molecular formula is C12H24O2. The highest BCUT2D eigenvalue weighted by Gasteiger charge is 2.11. The van der Waals surface area contributed by atoms with Crippen LogP contribution >= 0.6 is 0 Å². The van der Waals surface area contributed by atoms with Gasteiger partial charge < -0.3 is 5.11 Å². The summed E-state index contributed by atoms with van der Waals surface area (Å²) in [5.74, 6) is -0.346. The highest BCUT2D eigenvalue weighted by atomic mass is 16.4. The lowest BCUT2D eigenvalue weighted by atomic mass is 9.88. The lowest BCUT2D eigenvalue weighted by Gasteiger charge is -2.18. The number of carbonyl (C=O) groups is 1. The minimum absolute atomic E-state index is 0.315. The van der Waals surface area contributed by atoms with Crippen molar-refractivity contribution < 1.29 is 9.90 Å². The van der Waals surface area contributed by atoms with Gasteiger partial charge in [-0.2, -0.15) is 0 Å². The van der Waals surface area contributed by atoms with Gasteiger partial charge in [-0.25, -0.2) is 0 Å². The van der Waals surface area contributed by atoms with Gasteiger partial charge in [-0.3, -0.25) is 4.79 Å². The van der Waals surface area contributed by atoms with E-state index in [1.54, 1.807) is 0 Å². The molecule has 0 saturated heterocycles. The summed E-state index contributed by atoms with van der Waals surface area (Å²) in [6.45, 7) is 8.75. The fourth-order valence-electron chi connectivity index (χ4n) is 1.55. The van der Waals surface area contributed by atoms with E-state index >= 15 is 0 Å². The maximum atomic E-state index is 10.4. The summed E-state index contributed by atoms with van der Waals surface area (Å²) < 4.78 is 0. The van der Waals surface area contributed by atoms with Gasteiger partial charge in [-0.15, -0.1) is 0 Å². The van der Waals surface area contributed by atoms with Crippen LogP contribution < -0.4 is 0 Å². The standard InChI is InChI=1S/C12H24O2/c1-10(9-11(13)14)7-5-6-8-12(2,3)4/h10H,5-9H2,1-4H3,(H,13,14). The second-order valence-corrected chi connectivity index (χ2v) is 5.51. The molecule has 14 heavy (non-hydrogen) atoms. The minimum Gasteiger partial charge on any atom is -0.481 e. The summed E-state index contributed by atoms with van der Waals surface area (Å²) in [5.41, 5.74) is 0.413. The fraction of sp³-hybridized carbons (Fsp3) is 0.917. The monoisotopic (exact) mass is 200 g/mol. The number of hydrogen-bond donors (Lipinski definition) is 1. The molecule has 2 heteroatoms. The molecule has 0 rings (SSSR count). The van der Waals surface area contributed by atoms with Gasteiger partial charge in [0.25, 0.3) is 0 Å². The first-order valence-corrected chi connectivity index (χ1v) is 5.53. The van der Waals surface area contributed by atoms with Gasteiger partial charge in [0.1, 0.15) is 0 Å². The number of carboxylic acids is 1. The van der Waals surface area contributed by atoms with E-state index < -0.39 is 5.97 Å². The first-order valence-electron chi connectivity index (χ1n) is 5.53. The van der Waals surface area contributed by atoms with Crippen molar-refractivity contribution in [2.75, 3.05) is 0 Å². The Bertz CT molecular complexity index is 168. The number of hydrogen-bond acceptors (Lipinski definition) is 1. The molecule has 0 aromatic rings. The largest absolute Gasteiger partial charge is 0.481 e. The summed E-state index contributed by atoms with van der Waals surface area (Å²) in [6.07, 6.45) is 4.96. The van der Waals surface area contributed by atoms with Crippen LogP contribution in [-0.2, 0) is 4.79 Å². The van der Waals surface area contributed by atoms with Crippen LogP contribution in [-0.4, -0.2) is 11.1 Å². The van der Waals surface area contributed by atoms with Crippen molar-refractivity contribution in [3.63, 3.8) is 0 Å². The van der Waals surface area contributed by atoms with Crippen molar-refractivity contribution in [2.24, 2.45) is 11.3 Å². The molecule has 0 saturated carbocycles. The van der Waals surface area contributed by atoms with Crippen LogP contribution in [0.3, 0.4) is 0 Å². The molecule has 0 spiro atoms. The molecule has 0 fully saturated rings. The van der Waals surface area contributed by atoms with E-state index in [0.29, 0.717) is 17.8 Å². The van der Waals surface area contributed by atoms with Gasteiger partial charge in [0.05, 0.1) is 0 Å². The predicted octanol–water partition coefficient (Wildman–Crippen LogP) is 3.70. The first kappa shape index (κ1) is 13.5. The second-order valence-electron chi connectivity index (χ2n) is 5.51. The zero-order chi connectivity index (χ0) is 11.2. The zero-order valence-electron chi connectivity index (χ0n) is 9.97. The number of aliphatic carboxylic acids is 1. The molecule has 0 aliphatic heterocycles. The van der Waals surface area contributed by atoms with Crippen molar-refractivity contribution in [3.8, 4) is 0 Å². The molecule has 0 bridgehead atoms. The molecule has 0 aromatic carbocycles. The van der Waals surface area contributed by atoms with E-state index in [-0.39, 0.29) is 0 Å². The zero-order valence-corrected chi connectivity index (χ0v) is 9.97. The van der Waals surface area contributed by atoms with Crippen LogP contribution in [0.4, 0.5) is 0 Å². The maximum absolute atomic E-state index is 10.4. The normalized spacial score (nSPS) is 14.0. The molecular weight excluding hydrogens is 176 g/mol. The molecule has 2 nitrogen and oxygen atoms in total. The molecule has 0 aliphatic rings. The van der Waals surface area contributed by atoms with Gasteiger partial charge >= 0.3 is 5.97 Å². The molecule has 84 valence electrons. The maximum Gasteiger partial charge on any atom is 0.303 e. The third-order valence-corrected chi connectivity index (χ3v) is 2.40. The van der Waals surface area contributed by atoms with E-state index in [1.807, 2.05) is 6.92 Å². The SMILES string of the molecule is CC(CCCCC(C)(C)C)CC(=O)O. The van der Waals surface area contributed by atoms with Crippen LogP contribution in [0.2, 0.25) is 0 Å². The Hall–Kier alpha value is -0.530. The van der Waals surface area contributed by atoms with Crippen molar-refractivity contribution >= 4 is 5.97 Å². The first-order chi connectivity index (χ1) is 6.31. The molecule has 0 heterocycles. The van der Waals surface area contributed by atoms with Crippen molar-refractivity contribution in [1.82, 2.24) is 0 Å². The van der Waals surface area contributed by atoms with E-state index in [1.165, 1.54) is 12.8 Å². The molecule has 1 N–H and O–H groups in total. The Morgan fingerprint density at radius 3 is 2.29 bits per heavy atom. The summed E-state index contributed by atoms with van der Waals surface area (Å²) in [7, 11) is 0. The summed E-state index contributed by atoms with van der Waals surface area (Å²) >= 11 is 0. The van der Waals surface area contributed by atoms with Crippen LogP contribution in [0.5, 0.6) is 0 Å². The Kier molecular flexibility index (Phi) is 5.82. The lowest BCUT2D eigenvalue weighted by Crippen LogP contribution is -2.06. The average molecular weight is 200 g/mol. The van der Waals surface area contributed by atoms with Crippen molar-refractivity contribution in [3.05, 3.63) is 0 Å². The van der Waals surface area contributed by atoms with Crippen LogP contribution in [0.1, 0.15) is 59.8 Å². The molecule has 0 amide bonds. The van der Waals surface area contributed by atoms with E-state index in [9.17, 15) is 4.79 Å². The van der Waals surface area contributed by atoms with Crippen LogP contribution in [0.25, 0.3) is 0 Å². The molecule has 0 radical (unpaired) electrons. The summed E-state index contributed by atoms with van der Waals surface area (Å²) in [5, 5.41) is 8.57. The van der Waals surface area contributed by atoms with Crippen LogP contribution in [0, 0.1) is 11.3 Å². The molecule has 0 aliphatic carbocycles. The summed E-state index contributed by atoms with van der Waals surface area (Å²) in [6, 6.07) is 0. The highest BCUT2D eigenvalue weighted by Crippen LogP contribution is 2.23. The van der Waals surface area contributed by atoms with Gasteiger partial charge in [0.15, 0.2) is 0 Å². The third kappa shape index (κ3) is 9.56. The number of carboxylic acid groups (broad SMARTS) is 1. The van der Waals surface area contributed by atoms with E-state index in [2.05, 4.69) is 20.8 Å². The quantitative estimate of drug-likeness (QED) is 0.664. The van der Waals surface area contributed by atoms with Crippen molar-refractivity contribution in [1.29, 1.82) is 0 Å². The minimum atomic E-state index is -0.673. The Morgan fingerprint density at radius 1 is 1.29 bits per heavy atom. The lowest BCUT2D eigenvalue weighted by molar-refractivity contribution is -0.138. The number of rotatable bonds is 6. The topological polar surface area (TPSA) is 37.3 Å². The Balaban J connectivity index is 3.41. The average Bonchev–Trinajstić information content (AvgIpc) is 1.95. The Morgan fingerprint density at radius 2 is 1.86 bits per heavy atom. The van der Waals surface area contributed by atoms with Gasteiger partial charge in [0, 0.05) is 6.42 Å². The third-order valence-electron chi connectivity index (χ3n) is 2.40. The Labute approximate surface area is 87.7 Å². The van der Waals surface area contributed by atoms with Gasteiger partial charge in [-0.05, 0) is 17.8 Å². The molecule has 1 unspecified atom stereocenters. The predicted molar refractivity (Wildman–Crippen MR) is 59.3 cm³/mol. The van der Waals surface area contributed by atoms with E-state index in [0.717, 1.165) is 12.8 Å². The van der Waals surface area contributed by atoms with E-state index in [4.69, 9.17) is 5.11 Å².